The third kappa shape index (κ3) is 2.62. The Kier molecular flexibility index (Phi) is 4.29. The summed E-state index contributed by atoms with van der Waals surface area (Å²) in [5.41, 5.74) is 0.818. The highest BCUT2D eigenvalue weighted by atomic mass is 32.1. The SMILES string of the molecule is CCN(C)C(=O)C(C)n1c(-c2cccnc2)n[nH]c1=S. The van der Waals surface area contributed by atoms with Crippen LogP contribution in [-0.4, -0.2) is 44.1 Å². The van der Waals surface area contributed by atoms with Gasteiger partial charge in [0.2, 0.25) is 5.91 Å². The number of nitrogens with zero attached hydrogens (tertiary/aromatic N) is 4. The molecule has 0 saturated carbocycles. The standard InChI is InChI=1S/C13H17N5OS/c1-4-17(3)12(19)9(2)18-11(15-16-13(18)20)10-6-5-7-14-8-10/h5-9H,4H2,1-3H3,(H,16,20). The third-order valence-electron chi connectivity index (χ3n) is 3.22. The minimum Gasteiger partial charge on any atom is -0.344 e. The normalized spacial score (nSPS) is 12.2. The number of likely N-dealkylation sites (N-methyl/N-ethyl adjacent to an activating group) is 1. The van der Waals surface area contributed by atoms with Gasteiger partial charge in [-0.1, -0.05) is 0 Å². The summed E-state index contributed by atoms with van der Waals surface area (Å²) in [6, 6.07) is 3.29. The van der Waals surface area contributed by atoms with Gasteiger partial charge >= 0.3 is 0 Å². The molecular weight excluding hydrogens is 274 g/mol. The summed E-state index contributed by atoms with van der Waals surface area (Å²) >= 11 is 5.24. The lowest BCUT2D eigenvalue weighted by Crippen LogP contribution is -2.33. The van der Waals surface area contributed by atoms with E-state index in [0.29, 0.717) is 17.1 Å². The van der Waals surface area contributed by atoms with Crippen LogP contribution in [0.4, 0.5) is 0 Å². The lowest BCUT2D eigenvalue weighted by Gasteiger charge is -2.21. The fourth-order valence-electron chi connectivity index (χ4n) is 1.95. The number of hydrogen-bond acceptors (Lipinski definition) is 4. The molecule has 0 aliphatic carbocycles. The average molecular weight is 291 g/mol. The second kappa shape index (κ2) is 5.96. The zero-order chi connectivity index (χ0) is 14.7. The van der Waals surface area contributed by atoms with Crippen LogP contribution in [0, 0.1) is 4.77 Å². The highest BCUT2D eigenvalue weighted by Crippen LogP contribution is 2.21. The second-order valence-electron chi connectivity index (χ2n) is 4.49. The van der Waals surface area contributed by atoms with Gasteiger partial charge in [0.25, 0.3) is 0 Å². The van der Waals surface area contributed by atoms with Crippen molar-refractivity contribution < 1.29 is 4.79 Å². The van der Waals surface area contributed by atoms with E-state index in [9.17, 15) is 4.79 Å². The van der Waals surface area contributed by atoms with Crippen molar-refractivity contribution in [1.82, 2.24) is 24.6 Å². The molecule has 0 aromatic carbocycles. The van der Waals surface area contributed by atoms with Gasteiger partial charge in [0.15, 0.2) is 10.6 Å². The van der Waals surface area contributed by atoms with Crippen LogP contribution >= 0.6 is 12.2 Å². The molecule has 106 valence electrons. The van der Waals surface area contributed by atoms with Gasteiger partial charge in [0.1, 0.15) is 6.04 Å². The Morgan fingerprint density at radius 3 is 2.95 bits per heavy atom. The Balaban J connectivity index is 2.45. The van der Waals surface area contributed by atoms with Gasteiger partial charge in [-0.3, -0.25) is 19.4 Å². The number of carbonyl (C=O) groups is 1. The van der Waals surface area contributed by atoms with Crippen LogP contribution in [-0.2, 0) is 4.79 Å². The lowest BCUT2D eigenvalue weighted by molar-refractivity contribution is -0.132. The van der Waals surface area contributed by atoms with E-state index < -0.39 is 6.04 Å². The summed E-state index contributed by atoms with van der Waals surface area (Å²) in [6.07, 6.45) is 3.39. The van der Waals surface area contributed by atoms with Crippen LogP contribution in [0.25, 0.3) is 11.4 Å². The van der Waals surface area contributed by atoms with E-state index in [1.807, 2.05) is 26.0 Å². The number of H-pyrrole nitrogens is 1. The van der Waals surface area contributed by atoms with E-state index in [1.165, 1.54) is 0 Å². The number of nitrogens with one attached hydrogen (secondary N) is 1. The van der Waals surface area contributed by atoms with E-state index in [0.717, 1.165) is 5.56 Å². The largest absolute Gasteiger partial charge is 0.344 e. The zero-order valence-corrected chi connectivity index (χ0v) is 12.5. The molecule has 0 spiro atoms. The number of amides is 1. The van der Waals surface area contributed by atoms with Crippen molar-refractivity contribution in [2.75, 3.05) is 13.6 Å². The van der Waals surface area contributed by atoms with Gasteiger partial charge in [-0.15, -0.1) is 0 Å². The molecule has 6 nitrogen and oxygen atoms in total. The molecule has 1 atom stereocenters. The summed E-state index contributed by atoms with van der Waals surface area (Å²) < 4.78 is 2.15. The molecule has 0 saturated heterocycles. The summed E-state index contributed by atoms with van der Waals surface area (Å²) in [6.45, 7) is 4.40. The molecule has 1 unspecified atom stereocenters. The van der Waals surface area contributed by atoms with Crippen molar-refractivity contribution in [2.45, 2.75) is 19.9 Å². The second-order valence-corrected chi connectivity index (χ2v) is 4.88. The van der Waals surface area contributed by atoms with Crippen molar-refractivity contribution in [3.05, 3.63) is 29.3 Å². The van der Waals surface area contributed by atoms with Gasteiger partial charge in [0.05, 0.1) is 0 Å². The summed E-state index contributed by atoms with van der Waals surface area (Å²) in [5.74, 6) is 0.614. The van der Waals surface area contributed by atoms with E-state index in [-0.39, 0.29) is 5.91 Å². The fourth-order valence-corrected chi connectivity index (χ4v) is 2.24. The van der Waals surface area contributed by atoms with Crippen molar-refractivity contribution in [3.8, 4) is 11.4 Å². The topological polar surface area (TPSA) is 66.8 Å². The number of pyridine rings is 1. The van der Waals surface area contributed by atoms with Crippen LogP contribution < -0.4 is 0 Å². The predicted octanol–water partition coefficient (Wildman–Crippen LogP) is 2.04. The Hall–Kier alpha value is -2.02. The highest BCUT2D eigenvalue weighted by Gasteiger charge is 2.22. The van der Waals surface area contributed by atoms with Crippen molar-refractivity contribution in [3.63, 3.8) is 0 Å². The first-order valence-electron chi connectivity index (χ1n) is 6.38. The molecule has 0 aliphatic heterocycles. The first-order valence-corrected chi connectivity index (χ1v) is 6.79. The number of carbonyl (C=O) groups excluding carboxylic acids is 1. The quantitative estimate of drug-likeness (QED) is 0.875. The molecule has 2 aromatic heterocycles. The lowest BCUT2D eigenvalue weighted by atomic mass is 10.2. The summed E-state index contributed by atoms with van der Waals surface area (Å²) in [7, 11) is 1.77. The predicted molar refractivity (Wildman–Crippen MR) is 78.7 cm³/mol. The van der Waals surface area contributed by atoms with Gasteiger partial charge < -0.3 is 4.90 Å². The van der Waals surface area contributed by atoms with Crippen molar-refractivity contribution in [2.24, 2.45) is 0 Å². The highest BCUT2D eigenvalue weighted by molar-refractivity contribution is 7.71. The molecule has 0 radical (unpaired) electrons. The monoisotopic (exact) mass is 291 g/mol. The summed E-state index contributed by atoms with van der Waals surface area (Å²) in [4.78, 5) is 18.0. The Morgan fingerprint density at radius 2 is 2.35 bits per heavy atom. The molecule has 0 aliphatic rings. The van der Waals surface area contributed by atoms with E-state index in [4.69, 9.17) is 12.2 Å². The molecule has 1 amide bonds. The fraction of sp³-hybridized carbons (Fsp3) is 0.385. The third-order valence-corrected chi connectivity index (χ3v) is 3.51. The first-order chi connectivity index (χ1) is 9.56. The summed E-state index contributed by atoms with van der Waals surface area (Å²) in [5, 5.41) is 6.96. The van der Waals surface area contributed by atoms with Gasteiger partial charge in [-0.2, -0.15) is 5.10 Å². The van der Waals surface area contributed by atoms with Crippen LogP contribution in [0.15, 0.2) is 24.5 Å². The molecule has 7 heteroatoms. The number of hydrogen-bond donors (Lipinski definition) is 1. The maximum atomic E-state index is 12.3. The van der Waals surface area contributed by atoms with E-state index >= 15 is 0 Å². The number of aromatic amines is 1. The van der Waals surface area contributed by atoms with Crippen molar-refractivity contribution >= 4 is 18.1 Å². The van der Waals surface area contributed by atoms with Crippen molar-refractivity contribution in [1.29, 1.82) is 0 Å². The molecule has 2 rings (SSSR count). The molecule has 2 aromatic rings. The number of rotatable bonds is 4. The minimum atomic E-state index is -0.415. The Labute approximate surface area is 122 Å². The van der Waals surface area contributed by atoms with Gasteiger partial charge in [-0.25, -0.2) is 0 Å². The van der Waals surface area contributed by atoms with Gasteiger partial charge in [0, 0.05) is 31.5 Å². The molecule has 20 heavy (non-hydrogen) atoms. The van der Waals surface area contributed by atoms with Crippen LogP contribution in [0.5, 0.6) is 0 Å². The zero-order valence-electron chi connectivity index (χ0n) is 11.7. The van der Waals surface area contributed by atoms with E-state index in [1.54, 1.807) is 28.9 Å². The smallest absolute Gasteiger partial charge is 0.245 e. The Bertz CT molecular complexity index is 648. The van der Waals surface area contributed by atoms with Crippen LogP contribution in [0.3, 0.4) is 0 Å². The molecular formula is C13H17N5OS. The van der Waals surface area contributed by atoms with Gasteiger partial charge in [-0.05, 0) is 38.2 Å². The molecule has 0 bridgehead atoms. The molecule has 1 N–H and O–H groups in total. The van der Waals surface area contributed by atoms with Crippen LogP contribution in [0.2, 0.25) is 0 Å². The van der Waals surface area contributed by atoms with E-state index in [2.05, 4.69) is 15.2 Å². The Morgan fingerprint density at radius 1 is 1.60 bits per heavy atom. The average Bonchev–Trinajstić information content (AvgIpc) is 2.87. The first kappa shape index (κ1) is 14.4. The molecule has 2 heterocycles. The minimum absolute atomic E-state index is 0.00450. The molecule has 0 fully saturated rings. The van der Waals surface area contributed by atoms with Crippen LogP contribution in [0.1, 0.15) is 19.9 Å². The maximum Gasteiger partial charge on any atom is 0.245 e. The maximum absolute atomic E-state index is 12.3. The number of aromatic nitrogens is 4.